The lowest BCUT2D eigenvalue weighted by atomic mass is 10.2. The highest BCUT2D eigenvalue weighted by Gasteiger charge is 2.21. The van der Waals surface area contributed by atoms with Gasteiger partial charge in [-0.1, -0.05) is 24.3 Å². The van der Waals surface area contributed by atoms with Crippen LogP contribution in [0.4, 0.5) is 4.39 Å². The van der Waals surface area contributed by atoms with Gasteiger partial charge in [0, 0.05) is 6.54 Å². The van der Waals surface area contributed by atoms with Gasteiger partial charge in [-0.25, -0.2) is 26.4 Å². The van der Waals surface area contributed by atoms with Crippen LogP contribution in [0, 0.1) is 0 Å². The molecule has 0 radical (unpaired) electrons. The van der Waals surface area contributed by atoms with Crippen LogP contribution in [0.15, 0.2) is 70.2 Å². The smallest absolute Gasteiger partial charge is 0.238 e. The fourth-order valence-corrected chi connectivity index (χ4v) is 4.08. The monoisotopic (exact) mass is 414 g/mol. The summed E-state index contributed by atoms with van der Waals surface area (Å²) in [6.07, 6.45) is 0.994. The van der Waals surface area contributed by atoms with E-state index in [0.29, 0.717) is 5.56 Å². The van der Waals surface area contributed by atoms with Gasteiger partial charge < -0.3 is 10.5 Å². The molecule has 0 spiro atoms. The van der Waals surface area contributed by atoms with E-state index in [4.69, 9.17) is 15.6 Å². The Hall–Kier alpha value is -2.27. The van der Waals surface area contributed by atoms with Gasteiger partial charge in [-0.3, -0.25) is 0 Å². The second-order valence-corrected chi connectivity index (χ2v) is 9.09. The molecule has 0 aromatic heterocycles. The zero-order valence-corrected chi connectivity index (χ0v) is 15.8. The van der Waals surface area contributed by atoms with Crippen molar-refractivity contribution in [3.05, 3.63) is 66.0 Å². The minimum atomic E-state index is -3.96. The predicted octanol–water partition coefficient (Wildman–Crippen LogP) is 1.50. The van der Waals surface area contributed by atoms with Crippen LogP contribution in [-0.4, -0.2) is 29.1 Å². The number of ether oxygens (including phenoxy) is 1. The van der Waals surface area contributed by atoms with E-state index in [1.807, 2.05) is 0 Å². The lowest BCUT2D eigenvalue weighted by Gasteiger charge is -2.12. The molecular formula is C17H19FN2O5S2. The van der Waals surface area contributed by atoms with E-state index in [9.17, 15) is 21.2 Å². The quantitative estimate of drug-likeness (QED) is 0.673. The molecule has 0 unspecified atom stereocenters. The molecule has 0 aliphatic heterocycles. The van der Waals surface area contributed by atoms with E-state index in [1.54, 1.807) is 6.07 Å². The zero-order valence-electron chi connectivity index (χ0n) is 14.2. The molecule has 4 N–H and O–H groups in total. The lowest BCUT2D eigenvalue weighted by molar-refractivity contribution is 0.298. The van der Waals surface area contributed by atoms with E-state index in [2.05, 4.69) is 0 Å². The van der Waals surface area contributed by atoms with Gasteiger partial charge in [0.25, 0.3) is 0 Å². The maximum Gasteiger partial charge on any atom is 0.238 e. The summed E-state index contributed by atoms with van der Waals surface area (Å²) >= 11 is 0. The number of sulfonamides is 1. The Labute approximate surface area is 157 Å². The summed E-state index contributed by atoms with van der Waals surface area (Å²) in [7, 11) is -7.76. The van der Waals surface area contributed by atoms with E-state index < -0.39 is 31.4 Å². The summed E-state index contributed by atoms with van der Waals surface area (Å²) in [4.78, 5) is -0.192. The average molecular weight is 414 g/mol. The van der Waals surface area contributed by atoms with Crippen LogP contribution in [-0.2, 0) is 26.5 Å². The minimum absolute atomic E-state index is 0.0153. The molecular weight excluding hydrogens is 395 g/mol. The summed E-state index contributed by atoms with van der Waals surface area (Å²) in [6.45, 7) is -0.118. The van der Waals surface area contributed by atoms with Crippen LogP contribution in [0.3, 0.4) is 0 Å². The van der Waals surface area contributed by atoms with E-state index in [1.165, 1.54) is 42.5 Å². The molecule has 0 aliphatic rings. The fourth-order valence-electron chi connectivity index (χ4n) is 2.21. The number of benzene rings is 2. The molecule has 2 aromatic carbocycles. The summed E-state index contributed by atoms with van der Waals surface area (Å²) in [5.74, 6) is -1.59. The second-order valence-electron chi connectivity index (χ2n) is 5.57. The molecule has 2 rings (SSSR count). The molecule has 0 heterocycles. The second kappa shape index (κ2) is 8.61. The van der Waals surface area contributed by atoms with E-state index in [0.717, 1.165) is 6.08 Å². The Morgan fingerprint density at radius 1 is 1.04 bits per heavy atom. The van der Waals surface area contributed by atoms with Gasteiger partial charge in [0.05, 0.1) is 4.90 Å². The molecule has 0 saturated carbocycles. The summed E-state index contributed by atoms with van der Waals surface area (Å²) in [6, 6.07) is 11.5. The van der Waals surface area contributed by atoms with E-state index in [-0.39, 0.29) is 28.7 Å². The SMILES string of the molecule is NCC=C(F)CS(=O)(=O)c1ccccc1OCc1ccc(S(N)(=O)=O)cc1. The first-order chi connectivity index (χ1) is 12.6. The standard InChI is InChI=1S/C17H19FN2O5S2/c18-14(9-10-19)12-26(21,22)17-4-2-1-3-16(17)25-11-13-5-7-15(8-6-13)27(20,23)24/h1-9H,10-12,19H2,(H2,20,23,24). The molecule has 146 valence electrons. The number of rotatable bonds is 8. The summed E-state index contributed by atoms with van der Waals surface area (Å²) in [5.41, 5.74) is 5.79. The maximum atomic E-state index is 13.6. The highest BCUT2D eigenvalue weighted by atomic mass is 32.2. The number of halogens is 1. The molecule has 27 heavy (non-hydrogen) atoms. The molecule has 0 fully saturated rings. The van der Waals surface area contributed by atoms with Crippen molar-refractivity contribution < 1.29 is 26.0 Å². The zero-order chi connectivity index (χ0) is 20.1. The average Bonchev–Trinajstić information content (AvgIpc) is 2.59. The van der Waals surface area contributed by atoms with Crippen LogP contribution in [0.1, 0.15) is 5.56 Å². The number of nitrogens with two attached hydrogens (primary N) is 2. The Morgan fingerprint density at radius 3 is 2.26 bits per heavy atom. The highest BCUT2D eigenvalue weighted by Crippen LogP contribution is 2.26. The highest BCUT2D eigenvalue weighted by molar-refractivity contribution is 7.91. The van der Waals surface area contributed by atoms with Gasteiger partial charge >= 0.3 is 0 Å². The van der Waals surface area contributed by atoms with Crippen LogP contribution in [0.25, 0.3) is 0 Å². The van der Waals surface area contributed by atoms with Crippen LogP contribution >= 0.6 is 0 Å². The summed E-state index contributed by atoms with van der Waals surface area (Å²) < 4.78 is 66.5. The number of primary sulfonamides is 1. The molecule has 0 aliphatic carbocycles. The third-order valence-electron chi connectivity index (χ3n) is 3.50. The topological polar surface area (TPSA) is 130 Å². The Morgan fingerprint density at radius 2 is 1.67 bits per heavy atom. The predicted molar refractivity (Wildman–Crippen MR) is 98.9 cm³/mol. The van der Waals surface area contributed by atoms with Crippen molar-refractivity contribution in [2.45, 2.75) is 16.4 Å². The largest absolute Gasteiger partial charge is 0.488 e. The van der Waals surface area contributed by atoms with E-state index >= 15 is 0 Å². The van der Waals surface area contributed by atoms with Crippen molar-refractivity contribution in [2.75, 3.05) is 12.3 Å². The first-order valence-corrected chi connectivity index (χ1v) is 10.9. The molecule has 0 amide bonds. The fraction of sp³-hybridized carbons (Fsp3) is 0.176. The molecule has 0 saturated heterocycles. The van der Waals surface area contributed by atoms with Crippen LogP contribution in [0.2, 0.25) is 0 Å². The third-order valence-corrected chi connectivity index (χ3v) is 6.09. The van der Waals surface area contributed by atoms with Gasteiger partial charge in [0.2, 0.25) is 10.0 Å². The molecule has 0 atom stereocenters. The molecule has 2 aromatic rings. The summed E-state index contributed by atoms with van der Waals surface area (Å²) in [5, 5.41) is 5.03. The van der Waals surface area contributed by atoms with Gasteiger partial charge in [0.1, 0.15) is 28.8 Å². The first kappa shape index (κ1) is 21.0. The van der Waals surface area contributed by atoms with Crippen LogP contribution in [0.5, 0.6) is 5.75 Å². The number of para-hydroxylation sites is 1. The van der Waals surface area contributed by atoms with Gasteiger partial charge in [0.15, 0.2) is 9.84 Å². The lowest BCUT2D eigenvalue weighted by Crippen LogP contribution is -2.12. The molecule has 7 nitrogen and oxygen atoms in total. The van der Waals surface area contributed by atoms with Crippen molar-refractivity contribution in [1.82, 2.24) is 0 Å². The Bertz CT molecular complexity index is 1030. The Kier molecular flexibility index (Phi) is 6.71. The molecule has 10 heteroatoms. The van der Waals surface area contributed by atoms with Gasteiger partial charge in [-0.05, 0) is 35.9 Å². The van der Waals surface area contributed by atoms with Crippen LogP contribution < -0.4 is 15.6 Å². The van der Waals surface area contributed by atoms with Crippen molar-refractivity contribution in [2.24, 2.45) is 10.9 Å². The van der Waals surface area contributed by atoms with Crippen molar-refractivity contribution >= 4 is 19.9 Å². The first-order valence-electron chi connectivity index (χ1n) is 7.74. The molecule has 0 bridgehead atoms. The number of hydrogen-bond donors (Lipinski definition) is 2. The third kappa shape index (κ3) is 5.86. The number of hydrogen-bond acceptors (Lipinski definition) is 6. The number of sulfone groups is 1. The Balaban J connectivity index is 2.20. The van der Waals surface area contributed by atoms with Gasteiger partial charge in [-0.15, -0.1) is 0 Å². The maximum absolute atomic E-state index is 13.6. The normalized spacial score (nSPS) is 12.8. The minimum Gasteiger partial charge on any atom is -0.488 e. The van der Waals surface area contributed by atoms with Gasteiger partial charge in [-0.2, -0.15) is 0 Å². The van der Waals surface area contributed by atoms with Crippen molar-refractivity contribution in [3.8, 4) is 5.75 Å². The van der Waals surface area contributed by atoms with Crippen molar-refractivity contribution in [3.63, 3.8) is 0 Å². The van der Waals surface area contributed by atoms with Crippen molar-refractivity contribution in [1.29, 1.82) is 0 Å².